The molecule has 0 aromatic rings. The Morgan fingerprint density at radius 2 is 2.24 bits per heavy atom. The molecule has 0 aliphatic carbocycles. The summed E-state index contributed by atoms with van der Waals surface area (Å²) >= 11 is 1.87. The Hall–Kier alpha value is -0.430. The van der Waals surface area contributed by atoms with Crippen LogP contribution in [0, 0.1) is 5.92 Å². The molecule has 17 heavy (non-hydrogen) atoms. The molecule has 2 atom stereocenters. The molecule has 0 spiro atoms. The van der Waals surface area contributed by atoms with E-state index in [4.69, 9.17) is 0 Å². The molecule has 2 N–H and O–H groups in total. The molecule has 1 saturated heterocycles. The van der Waals surface area contributed by atoms with Crippen molar-refractivity contribution >= 4 is 17.7 Å². The Bertz CT molecular complexity index is 254. The van der Waals surface area contributed by atoms with E-state index in [0.29, 0.717) is 12.5 Å². The maximum Gasteiger partial charge on any atom is 0.405 e. The van der Waals surface area contributed by atoms with Gasteiger partial charge in [0.15, 0.2) is 0 Å². The first-order valence-electron chi connectivity index (χ1n) is 5.54. The van der Waals surface area contributed by atoms with Crippen molar-refractivity contribution in [2.75, 3.05) is 24.6 Å². The lowest BCUT2D eigenvalue weighted by atomic mass is 10.1. The number of rotatable bonds is 5. The van der Waals surface area contributed by atoms with Crippen LogP contribution in [0.5, 0.6) is 0 Å². The Kier molecular flexibility index (Phi) is 5.58. The molecule has 0 aromatic carbocycles. The number of nitrogens with one attached hydrogen (secondary N) is 2. The summed E-state index contributed by atoms with van der Waals surface area (Å²) in [6.07, 6.45) is -3.24. The smallest absolute Gasteiger partial charge is 0.346 e. The van der Waals surface area contributed by atoms with Crippen LogP contribution in [0.1, 0.15) is 13.3 Å². The minimum atomic E-state index is -4.35. The van der Waals surface area contributed by atoms with Gasteiger partial charge in [0.1, 0.15) is 6.54 Å². The number of alkyl halides is 3. The highest BCUT2D eigenvalue weighted by Gasteiger charge is 2.28. The molecular weight excluding hydrogens is 253 g/mol. The van der Waals surface area contributed by atoms with E-state index in [1.54, 1.807) is 6.92 Å². The summed E-state index contributed by atoms with van der Waals surface area (Å²) in [5.41, 5.74) is 0. The maximum absolute atomic E-state index is 11.9. The van der Waals surface area contributed by atoms with Crippen LogP contribution in [0.15, 0.2) is 0 Å². The van der Waals surface area contributed by atoms with Gasteiger partial charge in [-0.2, -0.15) is 24.9 Å². The van der Waals surface area contributed by atoms with Gasteiger partial charge < -0.3 is 10.6 Å². The number of hydrogen-bond acceptors (Lipinski definition) is 3. The highest BCUT2D eigenvalue weighted by Crippen LogP contribution is 2.22. The minimum Gasteiger partial charge on any atom is -0.346 e. The standard InChI is InChI=1S/C10H17F3N2OS/c1-7(9(16)15-6-10(11,12)13)14-4-8-2-3-17-5-8/h7-8,14H,2-6H2,1H3,(H,15,16). The van der Waals surface area contributed by atoms with Crippen LogP contribution in [-0.4, -0.2) is 42.7 Å². The topological polar surface area (TPSA) is 41.1 Å². The third kappa shape index (κ3) is 6.16. The average molecular weight is 270 g/mol. The van der Waals surface area contributed by atoms with E-state index in [0.717, 1.165) is 17.9 Å². The van der Waals surface area contributed by atoms with Crippen molar-refractivity contribution in [1.29, 1.82) is 0 Å². The summed E-state index contributed by atoms with van der Waals surface area (Å²) in [4.78, 5) is 11.3. The van der Waals surface area contributed by atoms with E-state index in [9.17, 15) is 18.0 Å². The predicted octanol–water partition coefficient (Wildman–Crippen LogP) is 1.40. The third-order valence-corrected chi connectivity index (χ3v) is 3.82. The first-order valence-corrected chi connectivity index (χ1v) is 6.69. The van der Waals surface area contributed by atoms with Gasteiger partial charge in [-0.05, 0) is 37.3 Å². The number of thioether (sulfide) groups is 1. The fourth-order valence-corrected chi connectivity index (χ4v) is 2.81. The number of amides is 1. The van der Waals surface area contributed by atoms with Crippen molar-refractivity contribution in [1.82, 2.24) is 10.6 Å². The Morgan fingerprint density at radius 1 is 1.53 bits per heavy atom. The van der Waals surface area contributed by atoms with Crippen LogP contribution in [0.4, 0.5) is 13.2 Å². The summed E-state index contributed by atoms with van der Waals surface area (Å²) in [5, 5.41) is 4.83. The van der Waals surface area contributed by atoms with E-state index in [-0.39, 0.29) is 0 Å². The molecule has 1 amide bonds. The zero-order chi connectivity index (χ0) is 12.9. The van der Waals surface area contributed by atoms with Gasteiger partial charge in [-0.1, -0.05) is 0 Å². The monoisotopic (exact) mass is 270 g/mol. The van der Waals surface area contributed by atoms with Crippen LogP contribution in [0.2, 0.25) is 0 Å². The van der Waals surface area contributed by atoms with E-state index < -0.39 is 24.7 Å². The normalized spacial score (nSPS) is 22.5. The second-order valence-corrected chi connectivity index (χ2v) is 5.34. The van der Waals surface area contributed by atoms with Gasteiger partial charge in [-0.25, -0.2) is 0 Å². The highest BCUT2D eigenvalue weighted by atomic mass is 32.2. The van der Waals surface area contributed by atoms with Crippen molar-refractivity contribution in [2.45, 2.75) is 25.6 Å². The lowest BCUT2D eigenvalue weighted by Gasteiger charge is -2.17. The van der Waals surface area contributed by atoms with E-state index >= 15 is 0 Å². The van der Waals surface area contributed by atoms with Gasteiger partial charge in [0, 0.05) is 0 Å². The zero-order valence-electron chi connectivity index (χ0n) is 9.64. The van der Waals surface area contributed by atoms with Crippen molar-refractivity contribution in [2.24, 2.45) is 5.92 Å². The summed E-state index contributed by atoms with van der Waals surface area (Å²) in [5.74, 6) is 2.11. The van der Waals surface area contributed by atoms with Crippen LogP contribution in [0.3, 0.4) is 0 Å². The minimum absolute atomic E-state index is 0.526. The van der Waals surface area contributed by atoms with E-state index in [2.05, 4.69) is 5.32 Å². The first-order chi connectivity index (χ1) is 7.88. The zero-order valence-corrected chi connectivity index (χ0v) is 10.5. The molecular formula is C10H17F3N2OS. The summed E-state index contributed by atoms with van der Waals surface area (Å²) in [6, 6.07) is -0.581. The number of carbonyl (C=O) groups is 1. The largest absolute Gasteiger partial charge is 0.405 e. The Balaban J connectivity index is 2.17. The second-order valence-electron chi connectivity index (χ2n) is 4.19. The molecule has 0 radical (unpaired) electrons. The van der Waals surface area contributed by atoms with Crippen molar-refractivity contribution in [3.8, 4) is 0 Å². The first kappa shape index (κ1) is 14.6. The summed E-state index contributed by atoms with van der Waals surface area (Å²) in [6.45, 7) is 0.999. The van der Waals surface area contributed by atoms with E-state index in [1.165, 1.54) is 0 Å². The molecule has 1 aliphatic heterocycles. The van der Waals surface area contributed by atoms with Crippen molar-refractivity contribution in [3.63, 3.8) is 0 Å². The predicted molar refractivity (Wildman–Crippen MR) is 62.0 cm³/mol. The van der Waals surface area contributed by atoms with Gasteiger partial charge in [0.25, 0.3) is 0 Å². The van der Waals surface area contributed by atoms with Gasteiger partial charge in [-0.15, -0.1) is 0 Å². The highest BCUT2D eigenvalue weighted by molar-refractivity contribution is 7.99. The number of halogens is 3. The fraction of sp³-hybridized carbons (Fsp3) is 0.900. The molecule has 0 saturated carbocycles. The summed E-state index contributed by atoms with van der Waals surface area (Å²) in [7, 11) is 0. The molecule has 1 rings (SSSR count). The Labute approximate surface area is 103 Å². The second kappa shape index (κ2) is 6.49. The van der Waals surface area contributed by atoms with E-state index in [1.807, 2.05) is 17.1 Å². The lowest BCUT2D eigenvalue weighted by Crippen LogP contribution is -2.46. The molecule has 0 bridgehead atoms. The average Bonchev–Trinajstić information content (AvgIpc) is 2.74. The lowest BCUT2D eigenvalue weighted by molar-refractivity contribution is -0.139. The quantitative estimate of drug-likeness (QED) is 0.793. The molecule has 1 aliphatic rings. The number of hydrogen-bond donors (Lipinski definition) is 2. The van der Waals surface area contributed by atoms with Crippen LogP contribution < -0.4 is 10.6 Å². The molecule has 2 unspecified atom stereocenters. The van der Waals surface area contributed by atoms with Gasteiger partial charge in [0.05, 0.1) is 6.04 Å². The Morgan fingerprint density at radius 3 is 2.76 bits per heavy atom. The van der Waals surface area contributed by atoms with Gasteiger partial charge in [-0.3, -0.25) is 4.79 Å². The van der Waals surface area contributed by atoms with Crippen molar-refractivity contribution in [3.05, 3.63) is 0 Å². The maximum atomic E-state index is 11.9. The third-order valence-electron chi connectivity index (χ3n) is 2.59. The van der Waals surface area contributed by atoms with Gasteiger partial charge >= 0.3 is 6.18 Å². The molecule has 0 aromatic heterocycles. The van der Waals surface area contributed by atoms with Gasteiger partial charge in [0.2, 0.25) is 5.91 Å². The molecule has 7 heteroatoms. The number of carbonyl (C=O) groups excluding carboxylic acids is 1. The van der Waals surface area contributed by atoms with Crippen LogP contribution in [0.25, 0.3) is 0 Å². The molecule has 1 fully saturated rings. The van der Waals surface area contributed by atoms with Crippen molar-refractivity contribution < 1.29 is 18.0 Å². The molecule has 3 nitrogen and oxygen atoms in total. The summed E-state index contributed by atoms with van der Waals surface area (Å²) < 4.78 is 35.6. The fourth-order valence-electron chi connectivity index (χ4n) is 1.52. The van der Waals surface area contributed by atoms with Crippen LogP contribution in [-0.2, 0) is 4.79 Å². The SMILES string of the molecule is CC(NCC1CCSC1)C(=O)NCC(F)(F)F. The molecule has 100 valence electrons. The molecule has 1 heterocycles. The van der Waals surface area contributed by atoms with Crippen LogP contribution >= 0.6 is 11.8 Å².